The zero-order valence-electron chi connectivity index (χ0n) is 14.7. The second-order valence-electron chi connectivity index (χ2n) is 6.47. The highest BCUT2D eigenvalue weighted by Crippen LogP contribution is 2.14. The predicted molar refractivity (Wildman–Crippen MR) is 99.5 cm³/mol. The first-order valence-corrected chi connectivity index (χ1v) is 10.5. The number of alkyl halides is 1. The Morgan fingerprint density at radius 2 is 0.952 bits per heavy atom. The number of halogens is 1. The monoisotopic (exact) mass is 362 g/mol. The van der Waals surface area contributed by atoms with E-state index in [9.17, 15) is 0 Å². The van der Waals surface area contributed by atoms with Gasteiger partial charge in [-0.15, -0.1) is 0 Å². The van der Waals surface area contributed by atoms with Gasteiger partial charge < -0.3 is 4.74 Å². The summed E-state index contributed by atoms with van der Waals surface area (Å²) < 4.78 is 5.27. The van der Waals surface area contributed by atoms with Gasteiger partial charge in [-0.3, -0.25) is 0 Å². The highest BCUT2D eigenvalue weighted by Gasteiger charge is 1.98. The van der Waals surface area contributed by atoms with Crippen LogP contribution in [0.5, 0.6) is 0 Å². The molecule has 0 fully saturated rings. The highest BCUT2D eigenvalue weighted by molar-refractivity contribution is 9.09. The van der Waals surface area contributed by atoms with Gasteiger partial charge in [0.05, 0.1) is 6.10 Å². The summed E-state index contributed by atoms with van der Waals surface area (Å²) in [6, 6.07) is 0. The lowest BCUT2D eigenvalue weighted by Crippen LogP contribution is -2.03. The molecule has 1 atom stereocenters. The van der Waals surface area contributed by atoms with Crippen molar-refractivity contribution < 1.29 is 4.74 Å². The molecule has 0 N–H and O–H groups in total. The fourth-order valence-electron chi connectivity index (χ4n) is 2.77. The first-order chi connectivity index (χ1) is 10.3. The smallest absolute Gasteiger partial charge is 0.0543 e. The lowest BCUT2D eigenvalue weighted by Gasteiger charge is -2.08. The maximum atomic E-state index is 5.27. The van der Waals surface area contributed by atoms with Crippen molar-refractivity contribution in [2.45, 2.75) is 109 Å². The zero-order valence-corrected chi connectivity index (χ0v) is 16.3. The first kappa shape index (κ1) is 21.4. The molecule has 128 valence electrons. The largest absolute Gasteiger partial charge is 0.382 e. The maximum absolute atomic E-state index is 5.27. The van der Waals surface area contributed by atoms with Crippen molar-refractivity contribution in [1.29, 1.82) is 0 Å². The maximum Gasteiger partial charge on any atom is 0.0543 e. The van der Waals surface area contributed by atoms with Crippen LogP contribution in [0.4, 0.5) is 0 Å². The van der Waals surface area contributed by atoms with Crippen LogP contribution in [0.25, 0.3) is 0 Å². The summed E-state index contributed by atoms with van der Waals surface area (Å²) in [5, 5.41) is 1.18. The van der Waals surface area contributed by atoms with Gasteiger partial charge in [0.1, 0.15) is 0 Å². The van der Waals surface area contributed by atoms with Gasteiger partial charge in [0.2, 0.25) is 0 Å². The average Bonchev–Trinajstić information content (AvgIpc) is 2.50. The molecule has 0 saturated carbocycles. The molecule has 0 aromatic carbocycles. The van der Waals surface area contributed by atoms with Crippen LogP contribution in [-0.4, -0.2) is 18.5 Å². The van der Waals surface area contributed by atoms with Crippen LogP contribution in [0.15, 0.2) is 0 Å². The van der Waals surface area contributed by atoms with Gasteiger partial charge in [-0.2, -0.15) is 0 Å². The fourth-order valence-corrected chi connectivity index (χ4v) is 3.16. The molecule has 0 bridgehead atoms. The number of unbranched alkanes of at least 4 members (excludes halogenated alkanes) is 13. The van der Waals surface area contributed by atoms with E-state index in [1.54, 1.807) is 0 Å². The van der Waals surface area contributed by atoms with E-state index < -0.39 is 0 Å². The minimum Gasteiger partial charge on any atom is -0.382 e. The number of hydrogen-bond acceptors (Lipinski definition) is 1. The Bertz CT molecular complexity index is 184. The Labute approximate surface area is 142 Å². The molecule has 0 aliphatic heterocycles. The molecule has 21 heavy (non-hydrogen) atoms. The molecule has 0 amide bonds. The summed E-state index contributed by atoms with van der Waals surface area (Å²) in [6.45, 7) is 2.17. The van der Waals surface area contributed by atoms with Crippen molar-refractivity contribution in [3.8, 4) is 0 Å². The highest BCUT2D eigenvalue weighted by atomic mass is 79.9. The van der Waals surface area contributed by atoms with Crippen molar-refractivity contribution in [2.75, 3.05) is 12.4 Å². The van der Waals surface area contributed by atoms with Crippen LogP contribution in [0, 0.1) is 0 Å². The Hall–Kier alpha value is 0.440. The number of rotatable bonds is 17. The molecule has 0 spiro atoms. The second kappa shape index (κ2) is 18.5. The summed E-state index contributed by atoms with van der Waals surface area (Å²) in [5.41, 5.74) is 0. The van der Waals surface area contributed by atoms with Crippen molar-refractivity contribution in [2.24, 2.45) is 0 Å². The van der Waals surface area contributed by atoms with E-state index in [0.29, 0.717) is 6.10 Å². The normalized spacial score (nSPS) is 12.7. The predicted octanol–water partition coefficient (Wildman–Crippen LogP) is 7.27. The van der Waals surface area contributed by atoms with Gasteiger partial charge in [0, 0.05) is 12.4 Å². The molecule has 0 heterocycles. The number of hydrogen-bond donors (Lipinski definition) is 0. The van der Waals surface area contributed by atoms with E-state index in [-0.39, 0.29) is 0 Å². The lowest BCUT2D eigenvalue weighted by molar-refractivity contribution is 0.108. The molecule has 1 nitrogen and oxygen atoms in total. The summed E-state index contributed by atoms with van der Waals surface area (Å²) in [6.07, 6.45) is 21.7. The average molecular weight is 363 g/mol. The van der Waals surface area contributed by atoms with Crippen LogP contribution in [0.1, 0.15) is 103 Å². The molecule has 0 aliphatic carbocycles. The molecule has 2 heteroatoms. The number of ether oxygens (including phenoxy) is 1. The van der Waals surface area contributed by atoms with Crippen LogP contribution in [-0.2, 0) is 4.74 Å². The minimum absolute atomic E-state index is 0.449. The van der Waals surface area contributed by atoms with Crippen molar-refractivity contribution in [3.05, 3.63) is 0 Å². The second-order valence-corrected chi connectivity index (χ2v) is 7.27. The Balaban J connectivity index is 2.96. The SMILES string of the molecule is COC(C)CCCCCCCCCCCCCCCCBr. The third-order valence-corrected chi connectivity index (χ3v) is 4.96. The van der Waals surface area contributed by atoms with E-state index in [1.807, 2.05) is 7.11 Å². The summed E-state index contributed by atoms with van der Waals surface area (Å²) >= 11 is 3.49. The molecular formula is C19H39BrO. The molecule has 0 aromatic heterocycles. The van der Waals surface area contributed by atoms with Crippen molar-refractivity contribution in [3.63, 3.8) is 0 Å². The zero-order chi connectivity index (χ0) is 15.6. The molecule has 1 unspecified atom stereocenters. The van der Waals surface area contributed by atoms with Gasteiger partial charge in [-0.1, -0.05) is 99.4 Å². The van der Waals surface area contributed by atoms with E-state index in [2.05, 4.69) is 22.9 Å². The van der Waals surface area contributed by atoms with E-state index in [0.717, 1.165) is 0 Å². The van der Waals surface area contributed by atoms with Crippen molar-refractivity contribution in [1.82, 2.24) is 0 Å². The Morgan fingerprint density at radius 3 is 1.29 bits per heavy atom. The van der Waals surface area contributed by atoms with Gasteiger partial charge in [-0.25, -0.2) is 0 Å². The van der Waals surface area contributed by atoms with Gasteiger partial charge >= 0.3 is 0 Å². The van der Waals surface area contributed by atoms with Gasteiger partial charge in [-0.05, 0) is 19.8 Å². The minimum atomic E-state index is 0.449. The van der Waals surface area contributed by atoms with Gasteiger partial charge in [0.25, 0.3) is 0 Å². The number of methoxy groups -OCH3 is 1. The molecule has 0 aliphatic rings. The van der Waals surface area contributed by atoms with Crippen LogP contribution in [0.3, 0.4) is 0 Å². The topological polar surface area (TPSA) is 9.23 Å². The van der Waals surface area contributed by atoms with E-state index in [4.69, 9.17) is 4.74 Å². The van der Waals surface area contributed by atoms with Gasteiger partial charge in [0.15, 0.2) is 0 Å². The van der Waals surface area contributed by atoms with E-state index >= 15 is 0 Å². The van der Waals surface area contributed by atoms with Crippen LogP contribution in [0.2, 0.25) is 0 Å². The molecule has 0 radical (unpaired) electrons. The molecule has 0 rings (SSSR count). The standard InChI is InChI=1S/C19H39BrO/c1-19(21-2)17-15-13-11-9-7-5-3-4-6-8-10-12-14-16-18-20/h19H,3-18H2,1-2H3. The Morgan fingerprint density at radius 1 is 0.619 bits per heavy atom. The first-order valence-electron chi connectivity index (χ1n) is 9.40. The quantitative estimate of drug-likeness (QED) is 0.195. The molecular weight excluding hydrogens is 324 g/mol. The summed E-state index contributed by atoms with van der Waals surface area (Å²) in [5.74, 6) is 0. The third-order valence-electron chi connectivity index (χ3n) is 4.40. The van der Waals surface area contributed by atoms with Crippen LogP contribution < -0.4 is 0 Å². The summed E-state index contributed by atoms with van der Waals surface area (Å²) in [4.78, 5) is 0. The van der Waals surface area contributed by atoms with E-state index in [1.165, 1.54) is 102 Å². The molecule has 0 saturated heterocycles. The lowest BCUT2D eigenvalue weighted by atomic mass is 10.0. The summed E-state index contributed by atoms with van der Waals surface area (Å²) in [7, 11) is 1.81. The third kappa shape index (κ3) is 18.4. The molecule has 0 aromatic rings. The van der Waals surface area contributed by atoms with Crippen LogP contribution >= 0.6 is 15.9 Å². The Kier molecular flexibility index (Phi) is 18.9. The van der Waals surface area contributed by atoms with Crippen molar-refractivity contribution >= 4 is 15.9 Å². The fraction of sp³-hybridized carbons (Fsp3) is 1.00.